The SMILES string of the molecule is O=C(NC1CCCCC1)c1c(N=Cc2cc(I)cc(I)c2OCc2cccc3ccccc23)sc2c1CCCC2. The smallest absolute Gasteiger partial charge is 0.254 e. The van der Waals surface area contributed by atoms with Crippen LogP contribution in [0.2, 0.25) is 0 Å². The highest BCUT2D eigenvalue weighted by Crippen LogP contribution is 2.40. The maximum Gasteiger partial charge on any atom is 0.254 e. The summed E-state index contributed by atoms with van der Waals surface area (Å²) >= 11 is 6.39. The van der Waals surface area contributed by atoms with Gasteiger partial charge in [-0.3, -0.25) is 4.79 Å². The number of halogens is 2. The van der Waals surface area contributed by atoms with Gasteiger partial charge in [0.05, 0.1) is 9.13 Å². The van der Waals surface area contributed by atoms with Crippen molar-refractivity contribution in [2.45, 2.75) is 70.4 Å². The fourth-order valence-corrected chi connectivity index (χ4v) is 9.18. The van der Waals surface area contributed by atoms with Crippen LogP contribution in [0.15, 0.2) is 59.6 Å². The Bertz CT molecular complexity index is 1570. The average Bonchev–Trinajstić information content (AvgIpc) is 3.34. The van der Waals surface area contributed by atoms with Gasteiger partial charge < -0.3 is 10.1 Å². The highest BCUT2D eigenvalue weighted by atomic mass is 127. The van der Waals surface area contributed by atoms with Crippen molar-refractivity contribution in [3.05, 3.63) is 88.9 Å². The van der Waals surface area contributed by atoms with E-state index in [9.17, 15) is 4.79 Å². The molecule has 0 radical (unpaired) electrons. The fraction of sp³-hybridized carbons (Fsp3) is 0.333. The number of amides is 1. The number of carbonyl (C=O) groups is 1. The van der Waals surface area contributed by atoms with E-state index >= 15 is 0 Å². The van der Waals surface area contributed by atoms with Gasteiger partial charge in [-0.1, -0.05) is 61.7 Å². The number of nitrogens with zero attached hydrogens (tertiary/aromatic N) is 1. The molecule has 1 saturated carbocycles. The van der Waals surface area contributed by atoms with Crippen molar-refractivity contribution in [2.75, 3.05) is 0 Å². The molecule has 0 unspecified atom stereocenters. The highest BCUT2D eigenvalue weighted by molar-refractivity contribution is 14.1. The molecule has 0 spiro atoms. The number of aliphatic imine (C=N–C) groups is 1. The molecule has 4 nitrogen and oxygen atoms in total. The molecule has 0 atom stereocenters. The zero-order valence-corrected chi connectivity index (χ0v) is 27.5. The van der Waals surface area contributed by atoms with E-state index in [1.54, 1.807) is 11.3 Å². The first-order valence-corrected chi connectivity index (χ1v) is 17.1. The molecule has 1 fully saturated rings. The number of hydrogen-bond acceptors (Lipinski definition) is 4. The standard InChI is InChI=1S/C33H32I2N2O2S/c34-24-17-23(31(28(35)18-24)39-20-22-11-8-10-21-9-4-5-14-26(21)22)19-36-33-30(27-15-6-7-16-29(27)40-33)32(38)37-25-12-2-1-3-13-25/h4-5,8-11,14,17-19,25H,1-3,6-7,12-13,15-16,20H2,(H,37,38). The Morgan fingerprint density at radius 2 is 1.80 bits per heavy atom. The van der Waals surface area contributed by atoms with Crippen LogP contribution in [0.5, 0.6) is 5.75 Å². The summed E-state index contributed by atoms with van der Waals surface area (Å²) in [6.07, 6.45) is 12.1. The molecule has 2 aliphatic carbocycles. The summed E-state index contributed by atoms with van der Waals surface area (Å²) in [5.41, 5.74) is 4.12. The minimum atomic E-state index is 0.0584. The average molecular weight is 775 g/mol. The van der Waals surface area contributed by atoms with Crippen LogP contribution in [-0.4, -0.2) is 18.2 Å². The molecule has 0 bridgehead atoms. The van der Waals surface area contributed by atoms with Gasteiger partial charge in [0.15, 0.2) is 0 Å². The summed E-state index contributed by atoms with van der Waals surface area (Å²) in [6.45, 7) is 0.473. The molecule has 3 aromatic carbocycles. The van der Waals surface area contributed by atoms with Crippen LogP contribution in [-0.2, 0) is 19.4 Å². The topological polar surface area (TPSA) is 50.7 Å². The van der Waals surface area contributed by atoms with Crippen molar-refractivity contribution in [1.82, 2.24) is 5.32 Å². The normalized spacial score (nSPS) is 15.8. The van der Waals surface area contributed by atoms with E-state index in [1.165, 1.54) is 46.9 Å². The van der Waals surface area contributed by atoms with Gasteiger partial charge in [0.25, 0.3) is 5.91 Å². The van der Waals surface area contributed by atoms with Crippen LogP contribution in [0.25, 0.3) is 10.8 Å². The maximum atomic E-state index is 13.6. The molecule has 0 aliphatic heterocycles. The molecule has 1 heterocycles. The molecule has 1 amide bonds. The van der Waals surface area contributed by atoms with E-state index in [0.717, 1.165) is 66.7 Å². The number of benzene rings is 3. The van der Waals surface area contributed by atoms with Gasteiger partial charge in [-0.05, 0) is 118 Å². The molecule has 206 valence electrons. The first-order valence-electron chi connectivity index (χ1n) is 14.1. The molecule has 40 heavy (non-hydrogen) atoms. The molecule has 0 saturated heterocycles. The lowest BCUT2D eigenvalue weighted by atomic mass is 9.93. The zero-order chi connectivity index (χ0) is 27.5. The predicted octanol–water partition coefficient (Wildman–Crippen LogP) is 9.38. The minimum absolute atomic E-state index is 0.0584. The zero-order valence-electron chi connectivity index (χ0n) is 22.3. The predicted molar refractivity (Wildman–Crippen MR) is 183 cm³/mol. The number of nitrogens with one attached hydrogen (secondary N) is 1. The second-order valence-electron chi connectivity index (χ2n) is 10.7. The lowest BCUT2D eigenvalue weighted by Gasteiger charge is -2.23. The minimum Gasteiger partial charge on any atom is -0.487 e. The van der Waals surface area contributed by atoms with Crippen LogP contribution >= 0.6 is 56.5 Å². The number of fused-ring (bicyclic) bond motifs is 2. The molecule has 1 N–H and O–H groups in total. The summed E-state index contributed by atoms with van der Waals surface area (Å²) in [4.78, 5) is 19.9. The van der Waals surface area contributed by atoms with Crippen LogP contribution in [0.3, 0.4) is 0 Å². The van der Waals surface area contributed by atoms with Crippen molar-refractivity contribution in [3.63, 3.8) is 0 Å². The summed E-state index contributed by atoms with van der Waals surface area (Å²) in [6, 6.07) is 19.3. The van der Waals surface area contributed by atoms with Crippen LogP contribution in [0.1, 0.15) is 76.9 Å². The second-order valence-corrected chi connectivity index (χ2v) is 14.2. The third-order valence-corrected chi connectivity index (χ3v) is 10.6. The van der Waals surface area contributed by atoms with Crippen molar-refractivity contribution in [3.8, 4) is 5.75 Å². The maximum absolute atomic E-state index is 13.6. The number of carbonyl (C=O) groups excluding carboxylic acids is 1. The Kier molecular flexibility index (Phi) is 9.08. The molecular formula is C33H32I2N2O2S. The molecule has 2 aliphatic rings. The largest absolute Gasteiger partial charge is 0.487 e. The Hall–Kier alpha value is -1.98. The van der Waals surface area contributed by atoms with Gasteiger partial charge >= 0.3 is 0 Å². The van der Waals surface area contributed by atoms with E-state index in [0.29, 0.717) is 6.61 Å². The monoisotopic (exact) mass is 774 g/mol. The Morgan fingerprint density at radius 1 is 1.00 bits per heavy atom. The van der Waals surface area contributed by atoms with E-state index in [-0.39, 0.29) is 11.9 Å². The molecular weight excluding hydrogens is 742 g/mol. The van der Waals surface area contributed by atoms with Crippen molar-refractivity contribution < 1.29 is 9.53 Å². The third-order valence-electron chi connectivity index (χ3n) is 7.93. The number of hydrogen-bond donors (Lipinski definition) is 1. The van der Waals surface area contributed by atoms with Crippen molar-refractivity contribution in [2.24, 2.45) is 4.99 Å². The Labute approximate surface area is 267 Å². The lowest BCUT2D eigenvalue weighted by Crippen LogP contribution is -2.36. The number of thiophene rings is 1. The van der Waals surface area contributed by atoms with Gasteiger partial charge in [-0.2, -0.15) is 0 Å². The highest BCUT2D eigenvalue weighted by Gasteiger charge is 2.27. The van der Waals surface area contributed by atoms with Gasteiger partial charge in [0.2, 0.25) is 0 Å². The van der Waals surface area contributed by atoms with Crippen LogP contribution in [0, 0.1) is 7.14 Å². The molecule has 1 aromatic heterocycles. The van der Waals surface area contributed by atoms with E-state index in [1.807, 2.05) is 6.21 Å². The van der Waals surface area contributed by atoms with E-state index in [2.05, 4.69) is 105 Å². The van der Waals surface area contributed by atoms with Gasteiger partial charge in [-0.25, -0.2) is 4.99 Å². The Morgan fingerprint density at radius 3 is 2.67 bits per heavy atom. The quantitative estimate of drug-likeness (QED) is 0.150. The second kappa shape index (κ2) is 12.9. The summed E-state index contributed by atoms with van der Waals surface area (Å²) < 4.78 is 8.66. The fourth-order valence-electron chi connectivity index (χ4n) is 5.91. The van der Waals surface area contributed by atoms with Gasteiger partial charge in [0.1, 0.15) is 17.4 Å². The summed E-state index contributed by atoms with van der Waals surface area (Å²) in [5, 5.41) is 6.61. The molecule has 4 aromatic rings. The van der Waals surface area contributed by atoms with Crippen molar-refractivity contribution in [1.29, 1.82) is 0 Å². The van der Waals surface area contributed by atoms with E-state index < -0.39 is 0 Å². The van der Waals surface area contributed by atoms with E-state index in [4.69, 9.17) is 9.73 Å². The summed E-state index contributed by atoms with van der Waals surface area (Å²) in [5.74, 6) is 0.885. The van der Waals surface area contributed by atoms with Gasteiger partial charge in [0, 0.05) is 26.3 Å². The number of ether oxygens (including phenoxy) is 1. The Balaban J connectivity index is 1.30. The van der Waals surface area contributed by atoms with Crippen molar-refractivity contribution >= 4 is 84.4 Å². The van der Waals surface area contributed by atoms with Gasteiger partial charge in [-0.15, -0.1) is 11.3 Å². The molecule has 7 heteroatoms. The first-order chi connectivity index (χ1) is 19.6. The molecule has 6 rings (SSSR count). The third kappa shape index (κ3) is 6.26. The lowest BCUT2D eigenvalue weighted by molar-refractivity contribution is 0.0927. The van der Waals surface area contributed by atoms with Crippen LogP contribution in [0.4, 0.5) is 5.00 Å². The number of rotatable bonds is 7. The number of aryl methyl sites for hydroxylation is 1. The first kappa shape index (κ1) is 28.2. The summed E-state index contributed by atoms with van der Waals surface area (Å²) in [7, 11) is 0. The van der Waals surface area contributed by atoms with Crippen LogP contribution < -0.4 is 10.1 Å².